The Kier molecular flexibility index (Phi) is 30.2. The molecule has 122 heavy (non-hydrogen) atoms. The van der Waals surface area contributed by atoms with Crippen molar-refractivity contribution in [2.45, 2.75) is 140 Å². The molecule has 12 N–H and O–H groups in total. The average molecular weight is 1650 g/mol. The molecule has 4 aliphatic rings. The van der Waals surface area contributed by atoms with Crippen molar-refractivity contribution in [3.05, 3.63) is 236 Å². The number of nitrogens with zero attached hydrogens (tertiary/aromatic N) is 2. The highest BCUT2D eigenvalue weighted by molar-refractivity contribution is 6.08. The SMILES string of the molecule is C#CCC/C(O)=C(\C#N)C(=O)Nc1ccc(OCCCCCC(=O)NCCCCCCNC(=O)c2ccc3c(c2)C(=O)OC32c3ccc(O)cc3Oc3cc(O)ccc32)cc1.C#CCC/C(O)=C(\C#N)C(=O)Nc1ccc(OCCCCCC(=O)NCCCCCCNC(=O)c2ccc3c(c2)C2(OC3=O)c3ccc(O)cc3Oc3cc(O)ccc32)cc1. The molecule has 0 bridgehead atoms. The van der Waals surface area contributed by atoms with Crippen LogP contribution in [0.15, 0.2) is 180 Å². The quantitative estimate of drug-likeness (QED) is 0.00427. The molecule has 4 heterocycles. The molecule has 28 heteroatoms. The lowest BCUT2D eigenvalue weighted by molar-refractivity contribution is -0.122. The number of phenols is 4. The molecule has 2 spiro atoms. The van der Waals surface area contributed by atoms with Gasteiger partial charge in [0, 0.05) is 145 Å². The number of aliphatic hydroxyl groups is 2. The molecule has 0 radical (unpaired) electrons. The maximum Gasteiger partial charge on any atom is 0.340 e. The first kappa shape index (κ1) is 87.9. The van der Waals surface area contributed by atoms with E-state index in [4.69, 9.17) is 41.3 Å². The Balaban J connectivity index is 0.000000238. The van der Waals surface area contributed by atoms with Crippen LogP contribution in [-0.2, 0) is 39.9 Å². The summed E-state index contributed by atoms with van der Waals surface area (Å²) < 4.78 is 35.7. The minimum Gasteiger partial charge on any atom is -0.511 e. The van der Waals surface area contributed by atoms with Crippen molar-refractivity contribution >= 4 is 58.8 Å². The fourth-order valence-electron chi connectivity index (χ4n) is 14.4. The number of hydrogen-bond donors (Lipinski definition) is 12. The van der Waals surface area contributed by atoms with E-state index in [9.17, 15) is 79.5 Å². The molecule has 628 valence electrons. The van der Waals surface area contributed by atoms with Crippen LogP contribution in [0.25, 0.3) is 0 Å². The van der Waals surface area contributed by atoms with Gasteiger partial charge >= 0.3 is 11.9 Å². The standard InChI is InChI=1S/2C47H46N4O10/c1-2-3-11-40(54)36(29-48)45(57)51-31-14-18-34(19-15-31)59-25-10-6-7-12-43(55)49-23-8-4-5-9-24-50-44(56)30-13-20-37-35(26-30)46(58)61-47(37)38-21-16-32(52)27-41(38)60-42-28-33(53)17-22-39(42)47;1-2-3-11-40(54)36(29-48)45(57)51-31-14-18-34(19-15-31)59-25-10-6-7-12-43(55)49-23-8-4-5-9-24-50-44(56)30-13-20-35-39(26-30)47(61-46(35)58)37-21-16-32(52)27-41(37)60-42-28-33(53)17-22-38(42)47/h2*1,13-22,26-28,52-54H,3-12,23-25H2,(H,49,55)(H,50,56)(H,51,57)/b2*40-36-. The topological polar surface area (TPSA) is 433 Å². The number of anilines is 2. The number of terminal acetylenes is 2. The Hall–Kier alpha value is -14.9. The van der Waals surface area contributed by atoms with Crippen LogP contribution in [-0.4, -0.2) is 117 Å². The third kappa shape index (κ3) is 21.7. The molecule has 6 amide bonds. The molecule has 8 aromatic carbocycles. The van der Waals surface area contributed by atoms with Crippen molar-refractivity contribution in [3.8, 4) is 94.3 Å². The number of ether oxygens (including phenoxy) is 6. The van der Waals surface area contributed by atoms with Crippen molar-refractivity contribution < 1.29 is 97.4 Å². The van der Waals surface area contributed by atoms with Crippen LogP contribution in [0.2, 0.25) is 0 Å². The molecule has 4 aliphatic heterocycles. The number of rotatable bonds is 38. The summed E-state index contributed by atoms with van der Waals surface area (Å²) >= 11 is 0. The summed E-state index contributed by atoms with van der Waals surface area (Å²) in [6.45, 7) is 2.94. The number of esters is 2. The largest absolute Gasteiger partial charge is 0.511 e. The number of carbonyl (C=O) groups excluding carboxylic acids is 8. The number of allylic oxidation sites excluding steroid dienone is 2. The van der Waals surface area contributed by atoms with Crippen LogP contribution in [0.5, 0.6) is 57.5 Å². The average Bonchev–Trinajstić information content (AvgIpc) is 1.44. The zero-order valence-corrected chi connectivity index (χ0v) is 66.8. The number of fused-ring (bicyclic) bond motifs is 12. The van der Waals surface area contributed by atoms with E-state index in [-0.39, 0.29) is 124 Å². The van der Waals surface area contributed by atoms with E-state index in [2.05, 4.69) is 43.7 Å². The first-order valence-corrected chi connectivity index (χ1v) is 40.2. The highest BCUT2D eigenvalue weighted by atomic mass is 16.6. The van der Waals surface area contributed by atoms with Gasteiger partial charge in [-0.1, -0.05) is 31.7 Å². The van der Waals surface area contributed by atoms with Gasteiger partial charge in [-0.3, -0.25) is 28.8 Å². The van der Waals surface area contributed by atoms with Crippen molar-refractivity contribution in [3.63, 3.8) is 0 Å². The Morgan fingerprint density at radius 3 is 1.13 bits per heavy atom. The van der Waals surface area contributed by atoms with Gasteiger partial charge < -0.3 is 91.0 Å². The zero-order chi connectivity index (χ0) is 86.7. The molecule has 0 aliphatic carbocycles. The van der Waals surface area contributed by atoms with Gasteiger partial charge in [0.05, 0.1) is 24.3 Å². The highest BCUT2D eigenvalue weighted by Gasteiger charge is 2.56. The van der Waals surface area contributed by atoms with E-state index < -0.39 is 35.0 Å². The molecule has 0 fully saturated rings. The maximum absolute atomic E-state index is 13.4. The number of nitriles is 2. The summed E-state index contributed by atoms with van der Waals surface area (Å²) in [6.07, 6.45) is 22.8. The Bertz CT molecular complexity index is 5390. The second kappa shape index (κ2) is 42.0. The van der Waals surface area contributed by atoms with E-state index in [1.54, 1.807) is 115 Å². The first-order valence-electron chi connectivity index (χ1n) is 40.2. The molecule has 0 aromatic heterocycles. The number of phenolic OH excluding ortho intramolecular Hbond substituents is 4. The van der Waals surface area contributed by atoms with Crippen molar-refractivity contribution in [1.82, 2.24) is 21.3 Å². The number of aromatic hydroxyl groups is 4. The Labute approximate surface area is 704 Å². The molecule has 0 saturated carbocycles. The molecular formula is C94H92N8O20. The molecule has 12 rings (SSSR count). The van der Waals surface area contributed by atoms with Gasteiger partial charge in [-0.15, -0.1) is 24.7 Å². The molecular weight excluding hydrogens is 1560 g/mol. The van der Waals surface area contributed by atoms with Crippen LogP contribution in [0, 0.1) is 47.3 Å². The summed E-state index contributed by atoms with van der Waals surface area (Å²) in [5, 5.41) is 95.9. The van der Waals surface area contributed by atoms with Crippen LogP contribution in [0.4, 0.5) is 11.4 Å². The normalized spacial score (nSPS) is 13.2. The second-order valence-corrected chi connectivity index (χ2v) is 29.2. The molecule has 28 nitrogen and oxygen atoms in total. The van der Waals surface area contributed by atoms with Gasteiger partial charge in [0.1, 0.15) is 81.2 Å². The lowest BCUT2D eigenvalue weighted by Gasteiger charge is -2.36. The highest BCUT2D eigenvalue weighted by Crippen LogP contribution is 2.59. The fraction of sp³-hybridized carbons (Fsp3) is 0.298. The minimum absolute atomic E-state index is 0.00225. The van der Waals surface area contributed by atoms with Crippen molar-refractivity contribution in [2.24, 2.45) is 0 Å². The molecule has 0 atom stereocenters. The third-order valence-corrected chi connectivity index (χ3v) is 20.6. The van der Waals surface area contributed by atoms with E-state index >= 15 is 0 Å². The van der Waals surface area contributed by atoms with E-state index in [1.807, 2.05) is 0 Å². The monoisotopic (exact) mass is 1650 g/mol. The minimum atomic E-state index is -1.46. The number of nitrogens with one attached hydrogen (secondary N) is 6. The summed E-state index contributed by atoms with van der Waals surface area (Å²) in [4.78, 5) is 102. The van der Waals surface area contributed by atoms with Gasteiger partial charge in [0.2, 0.25) is 11.8 Å². The van der Waals surface area contributed by atoms with Crippen LogP contribution in [0.3, 0.4) is 0 Å². The number of unbranched alkanes of at least 4 members (excludes halogenated alkanes) is 10. The number of carbonyl (C=O) groups is 8. The number of amides is 6. The van der Waals surface area contributed by atoms with Crippen molar-refractivity contribution in [1.29, 1.82) is 10.5 Å². The van der Waals surface area contributed by atoms with Gasteiger partial charge in [0.25, 0.3) is 23.6 Å². The Morgan fingerprint density at radius 1 is 0.385 bits per heavy atom. The summed E-state index contributed by atoms with van der Waals surface area (Å²) in [6, 6.07) is 44.4. The predicted octanol–water partition coefficient (Wildman–Crippen LogP) is 14.8. The van der Waals surface area contributed by atoms with Crippen molar-refractivity contribution in [2.75, 3.05) is 50.0 Å². The van der Waals surface area contributed by atoms with Gasteiger partial charge in [-0.25, -0.2) is 9.59 Å². The van der Waals surface area contributed by atoms with Crippen LogP contribution >= 0.6 is 0 Å². The maximum atomic E-state index is 13.4. The zero-order valence-electron chi connectivity index (χ0n) is 66.8. The number of benzene rings is 8. The lowest BCUT2D eigenvalue weighted by atomic mass is 9.77. The van der Waals surface area contributed by atoms with Gasteiger partial charge in [0.15, 0.2) is 22.3 Å². The lowest BCUT2D eigenvalue weighted by Crippen LogP contribution is -2.33. The summed E-state index contributed by atoms with van der Waals surface area (Å²) in [7, 11) is 0. The molecule has 8 aromatic rings. The summed E-state index contributed by atoms with van der Waals surface area (Å²) in [5.74, 6) is 2.80. The molecule has 0 saturated heterocycles. The number of aliphatic hydroxyl groups excluding tert-OH is 2. The first-order chi connectivity index (χ1) is 59.1. The number of hydrogen-bond acceptors (Lipinski definition) is 22. The Morgan fingerprint density at radius 2 is 0.738 bits per heavy atom. The summed E-state index contributed by atoms with van der Waals surface area (Å²) in [5.41, 5.74) is 1.35. The van der Waals surface area contributed by atoms with Gasteiger partial charge in [-0.05, 0) is 192 Å². The second-order valence-electron chi connectivity index (χ2n) is 29.2. The molecule has 0 unspecified atom stereocenters. The van der Waals surface area contributed by atoms with E-state index in [0.717, 1.165) is 89.9 Å². The van der Waals surface area contributed by atoms with Crippen LogP contribution in [0.1, 0.15) is 203 Å². The van der Waals surface area contributed by atoms with Gasteiger partial charge in [-0.2, -0.15) is 10.5 Å². The predicted molar refractivity (Wildman–Crippen MR) is 448 cm³/mol. The smallest absolute Gasteiger partial charge is 0.340 e. The third-order valence-electron chi connectivity index (χ3n) is 20.6. The van der Waals surface area contributed by atoms with E-state index in [0.29, 0.717) is 125 Å². The fourth-order valence-corrected chi connectivity index (χ4v) is 14.4. The van der Waals surface area contributed by atoms with E-state index in [1.165, 1.54) is 54.6 Å². The van der Waals surface area contributed by atoms with Crippen LogP contribution < -0.4 is 50.8 Å².